The third-order valence-corrected chi connectivity index (χ3v) is 2.55. The molecule has 3 nitrogen and oxygen atoms in total. The van der Waals surface area contributed by atoms with Gasteiger partial charge in [-0.15, -0.1) is 0 Å². The Hall–Kier alpha value is -2.37. The van der Waals surface area contributed by atoms with E-state index in [1.807, 2.05) is 0 Å². The maximum absolute atomic E-state index is 12.7. The molecule has 6 heteroatoms. The highest BCUT2D eigenvalue weighted by Crippen LogP contribution is 2.35. The molecule has 0 amide bonds. The van der Waals surface area contributed by atoms with E-state index < -0.39 is 23.2 Å². The molecule has 0 radical (unpaired) electrons. The second-order valence-electron chi connectivity index (χ2n) is 3.81. The molecule has 0 saturated heterocycles. The molecule has 1 aromatic heterocycles. The molecule has 1 heterocycles. The molecule has 2 aromatic rings. The predicted molar refractivity (Wildman–Crippen MR) is 63.5 cm³/mol. The van der Waals surface area contributed by atoms with E-state index in [1.165, 1.54) is 18.3 Å². The molecule has 2 N–H and O–H groups in total. The Bertz CT molecular complexity index is 609. The molecule has 0 fully saturated rings. The van der Waals surface area contributed by atoms with E-state index in [0.717, 1.165) is 12.1 Å². The minimum absolute atomic E-state index is 0.0496. The number of hydrogen-bond acceptors (Lipinski definition) is 3. The molecule has 0 aliphatic heterocycles. The number of nitrogens with zero attached hydrogens (tertiary/aromatic N) is 1. The first kappa shape index (κ1) is 13.1. The van der Waals surface area contributed by atoms with Gasteiger partial charge in [0.25, 0.3) is 0 Å². The maximum Gasteiger partial charge on any atom is 0.418 e. The van der Waals surface area contributed by atoms with Crippen LogP contribution in [-0.2, 0) is 6.18 Å². The summed E-state index contributed by atoms with van der Waals surface area (Å²) in [6.45, 7) is 0. The quantitative estimate of drug-likeness (QED) is 0.671. The van der Waals surface area contributed by atoms with E-state index in [-0.39, 0.29) is 11.3 Å². The van der Waals surface area contributed by atoms with Crippen molar-refractivity contribution in [2.45, 2.75) is 6.18 Å². The number of carbonyl (C=O) groups excluding carboxylic acids is 1. The van der Waals surface area contributed by atoms with Crippen LogP contribution in [0.25, 0.3) is 0 Å². The van der Waals surface area contributed by atoms with Crippen molar-refractivity contribution in [1.82, 2.24) is 4.98 Å². The molecular formula is C13H9F3N2O. The summed E-state index contributed by atoms with van der Waals surface area (Å²) in [6, 6.07) is 7.83. The van der Waals surface area contributed by atoms with Crippen molar-refractivity contribution in [3.05, 3.63) is 59.4 Å². The number of benzene rings is 1. The molecule has 0 saturated carbocycles. The van der Waals surface area contributed by atoms with Crippen molar-refractivity contribution in [3.8, 4) is 0 Å². The van der Waals surface area contributed by atoms with E-state index >= 15 is 0 Å². The Morgan fingerprint density at radius 1 is 1.11 bits per heavy atom. The van der Waals surface area contributed by atoms with Crippen molar-refractivity contribution in [2.75, 3.05) is 5.73 Å². The summed E-state index contributed by atoms with van der Waals surface area (Å²) < 4.78 is 38.1. The van der Waals surface area contributed by atoms with Crippen molar-refractivity contribution in [1.29, 1.82) is 0 Å². The average Bonchev–Trinajstić information content (AvgIpc) is 2.38. The number of alkyl halides is 3. The van der Waals surface area contributed by atoms with Crippen molar-refractivity contribution >= 4 is 11.5 Å². The van der Waals surface area contributed by atoms with Crippen LogP contribution >= 0.6 is 0 Å². The number of carbonyl (C=O) groups is 1. The Balaban J connectivity index is 2.50. The fourth-order valence-corrected chi connectivity index (χ4v) is 1.65. The summed E-state index contributed by atoms with van der Waals surface area (Å²) in [6.07, 6.45) is -3.21. The third-order valence-electron chi connectivity index (χ3n) is 2.55. The van der Waals surface area contributed by atoms with E-state index in [0.29, 0.717) is 0 Å². The summed E-state index contributed by atoms with van der Waals surface area (Å²) in [4.78, 5) is 15.8. The first-order valence-corrected chi connectivity index (χ1v) is 5.32. The Labute approximate surface area is 106 Å². The molecule has 0 spiro atoms. The van der Waals surface area contributed by atoms with Gasteiger partial charge in [0.1, 0.15) is 5.69 Å². The zero-order valence-electron chi connectivity index (χ0n) is 9.61. The van der Waals surface area contributed by atoms with Gasteiger partial charge >= 0.3 is 6.18 Å². The van der Waals surface area contributed by atoms with Gasteiger partial charge in [-0.1, -0.05) is 12.1 Å². The number of para-hydroxylation sites is 1. The highest BCUT2D eigenvalue weighted by molar-refractivity contribution is 6.11. The zero-order valence-corrected chi connectivity index (χ0v) is 9.61. The number of rotatable bonds is 2. The van der Waals surface area contributed by atoms with E-state index in [4.69, 9.17) is 5.73 Å². The van der Waals surface area contributed by atoms with Crippen molar-refractivity contribution in [2.24, 2.45) is 0 Å². The number of hydrogen-bond donors (Lipinski definition) is 1. The fourth-order valence-electron chi connectivity index (χ4n) is 1.65. The topological polar surface area (TPSA) is 56.0 Å². The van der Waals surface area contributed by atoms with Gasteiger partial charge in [0.2, 0.25) is 5.78 Å². The molecule has 1 aromatic carbocycles. The van der Waals surface area contributed by atoms with Crippen LogP contribution in [0.4, 0.5) is 18.9 Å². The molecule has 19 heavy (non-hydrogen) atoms. The monoisotopic (exact) mass is 266 g/mol. The average molecular weight is 266 g/mol. The van der Waals surface area contributed by atoms with E-state index in [9.17, 15) is 18.0 Å². The lowest BCUT2D eigenvalue weighted by Gasteiger charge is -2.12. The van der Waals surface area contributed by atoms with Crippen molar-refractivity contribution in [3.63, 3.8) is 0 Å². The lowest BCUT2D eigenvalue weighted by atomic mass is 10.0. The molecule has 2 rings (SSSR count). The summed E-state index contributed by atoms with van der Waals surface area (Å²) in [5.74, 6) is -0.635. The fraction of sp³-hybridized carbons (Fsp3) is 0.0769. The van der Waals surface area contributed by atoms with Crippen LogP contribution in [0.5, 0.6) is 0 Å². The number of aromatic nitrogens is 1. The smallest absolute Gasteiger partial charge is 0.398 e. The van der Waals surface area contributed by atoms with Gasteiger partial charge in [0.05, 0.1) is 11.3 Å². The van der Waals surface area contributed by atoms with Gasteiger partial charge in [0, 0.05) is 11.8 Å². The van der Waals surface area contributed by atoms with Crippen LogP contribution < -0.4 is 5.73 Å². The number of pyridine rings is 1. The van der Waals surface area contributed by atoms with Crippen LogP contribution in [0, 0.1) is 0 Å². The maximum atomic E-state index is 12.7. The van der Waals surface area contributed by atoms with Gasteiger partial charge < -0.3 is 5.73 Å². The van der Waals surface area contributed by atoms with Gasteiger partial charge in [0.15, 0.2) is 0 Å². The van der Waals surface area contributed by atoms with Gasteiger partial charge in [-0.25, -0.2) is 0 Å². The van der Waals surface area contributed by atoms with Crippen LogP contribution in [0.1, 0.15) is 21.6 Å². The Kier molecular flexibility index (Phi) is 3.25. The SMILES string of the molecule is Nc1c(C(=O)c2ccccn2)cccc1C(F)(F)F. The normalized spacial score (nSPS) is 11.3. The molecular weight excluding hydrogens is 257 g/mol. The lowest BCUT2D eigenvalue weighted by molar-refractivity contribution is -0.136. The molecule has 0 unspecified atom stereocenters. The summed E-state index contributed by atoms with van der Waals surface area (Å²) in [7, 11) is 0. The largest absolute Gasteiger partial charge is 0.418 e. The number of ketones is 1. The van der Waals surface area contributed by atoms with E-state index in [1.54, 1.807) is 12.1 Å². The predicted octanol–water partition coefficient (Wildman–Crippen LogP) is 2.91. The molecule has 0 bridgehead atoms. The number of nitrogens with two attached hydrogens (primary N) is 1. The molecule has 0 aliphatic rings. The molecule has 0 atom stereocenters. The standard InChI is InChI=1S/C13H9F3N2O/c14-13(15,16)9-5-3-4-8(11(9)17)12(19)10-6-1-2-7-18-10/h1-7H,17H2. The van der Waals surface area contributed by atoms with Crippen LogP contribution in [-0.4, -0.2) is 10.8 Å². The van der Waals surface area contributed by atoms with Crippen LogP contribution in [0.3, 0.4) is 0 Å². The van der Waals surface area contributed by atoms with Crippen LogP contribution in [0.2, 0.25) is 0 Å². The molecule has 98 valence electrons. The summed E-state index contributed by atoms with van der Waals surface area (Å²) in [5.41, 5.74) is 3.69. The van der Waals surface area contributed by atoms with E-state index in [2.05, 4.69) is 4.98 Å². The molecule has 0 aliphatic carbocycles. The van der Waals surface area contributed by atoms with Gasteiger partial charge in [-0.3, -0.25) is 9.78 Å². The Morgan fingerprint density at radius 3 is 2.42 bits per heavy atom. The highest BCUT2D eigenvalue weighted by atomic mass is 19.4. The summed E-state index contributed by atoms with van der Waals surface area (Å²) in [5, 5.41) is 0. The van der Waals surface area contributed by atoms with Gasteiger partial charge in [-0.05, 0) is 24.3 Å². The minimum atomic E-state index is -4.59. The van der Waals surface area contributed by atoms with Crippen molar-refractivity contribution < 1.29 is 18.0 Å². The second-order valence-corrected chi connectivity index (χ2v) is 3.81. The first-order valence-electron chi connectivity index (χ1n) is 5.32. The Morgan fingerprint density at radius 2 is 1.84 bits per heavy atom. The highest BCUT2D eigenvalue weighted by Gasteiger charge is 2.34. The second kappa shape index (κ2) is 4.72. The third kappa shape index (κ3) is 2.57. The number of anilines is 1. The number of nitrogen functional groups attached to an aromatic ring is 1. The zero-order chi connectivity index (χ0) is 14.0. The lowest BCUT2D eigenvalue weighted by Crippen LogP contribution is -2.14. The minimum Gasteiger partial charge on any atom is -0.398 e. The van der Waals surface area contributed by atoms with Crippen LogP contribution in [0.15, 0.2) is 42.6 Å². The summed E-state index contributed by atoms with van der Waals surface area (Å²) >= 11 is 0. The first-order chi connectivity index (χ1) is 8.91. The number of halogens is 3. The van der Waals surface area contributed by atoms with Gasteiger partial charge in [-0.2, -0.15) is 13.2 Å².